The van der Waals surface area contributed by atoms with Crippen molar-refractivity contribution in [3.8, 4) is 17.8 Å². The van der Waals surface area contributed by atoms with Crippen molar-refractivity contribution >= 4 is 104 Å². The van der Waals surface area contributed by atoms with Crippen molar-refractivity contribution in [1.82, 2.24) is 24.1 Å². The van der Waals surface area contributed by atoms with E-state index in [-0.39, 0.29) is 40.6 Å². The van der Waals surface area contributed by atoms with Crippen LogP contribution < -0.4 is 21.8 Å². The molecule has 3 heterocycles. The minimum absolute atomic E-state index is 0.142. The number of nitrogens with zero attached hydrogens (tertiary/aromatic N) is 11. The molecule has 5 rings (SSSR count). The molecule has 0 saturated heterocycles. The van der Waals surface area contributed by atoms with Gasteiger partial charge in [0.05, 0.1) is 45.8 Å². The molecule has 10 N–H and O–H groups in total. The van der Waals surface area contributed by atoms with Crippen LogP contribution >= 0.6 is 23.6 Å². The Morgan fingerprint density at radius 2 is 1.41 bits per heavy atom. The third kappa shape index (κ3) is 11.2. The van der Waals surface area contributed by atoms with Gasteiger partial charge in [-0.3, -0.25) is 18.7 Å². The topological polar surface area (TPSA) is 467 Å². The maximum atomic E-state index is 13.8. The first-order valence-corrected chi connectivity index (χ1v) is 21.0. The Balaban J connectivity index is 1.45. The number of aromatic carboxylic acids is 4. The summed E-state index contributed by atoms with van der Waals surface area (Å²) >= 11 is 6.25. The highest BCUT2D eigenvalue weighted by Gasteiger charge is 2.28. The van der Waals surface area contributed by atoms with E-state index in [0.29, 0.717) is 21.3 Å². The van der Waals surface area contributed by atoms with Crippen LogP contribution in [0.25, 0.3) is 10.7 Å². The molecule has 5 aromatic rings. The zero-order valence-electron chi connectivity index (χ0n) is 35.2. The molecule has 366 valence electrons. The highest BCUT2D eigenvalue weighted by molar-refractivity contribution is 7.94. The normalized spacial score (nSPS) is 11.3. The maximum absolute atomic E-state index is 13.8. The van der Waals surface area contributed by atoms with Gasteiger partial charge in [-0.15, -0.1) is 24.8 Å². The van der Waals surface area contributed by atoms with Crippen molar-refractivity contribution in [2.75, 3.05) is 17.2 Å². The Morgan fingerprint density at radius 3 is 1.94 bits per heavy atom. The van der Waals surface area contributed by atoms with Gasteiger partial charge in [-0.1, -0.05) is 11.6 Å². The van der Waals surface area contributed by atoms with Crippen molar-refractivity contribution < 1.29 is 77.4 Å². The molecule has 0 radical (unpaired) electrons. The van der Waals surface area contributed by atoms with E-state index >= 15 is 0 Å². The highest BCUT2D eigenvalue weighted by Crippen LogP contribution is 2.37. The SMILES string of the molecule is [C-]#[N+]c1c(C)c(N=Nc2cc(C(=O)O)c(S(=O)(=O)O)cc2C(=O)O)c(=O)n(C(=C)Nc2nc(Cl)nc(NCCn3c(O)c(C#N)c(C)c(N=Nc4cc(C(=O)O)c(SOOO)cc4C(=O)O)c3=O)n2)c1O. The lowest BCUT2D eigenvalue weighted by Gasteiger charge is -2.16. The van der Waals surface area contributed by atoms with E-state index in [9.17, 15) is 77.6 Å². The lowest BCUT2D eigenvalue weighted by atomic mass is 10.1. The van der Waals surface area contributed by atoms with Gasteiger partial charge in [0.25, 0.3) is 26.9 Å². The number of aromatic nitrogens is 5. The first-order valence-electron chi connectivity index (χ1n) is 18.5. The average molecular weight is 1040 g/mol. The van der Waals surface area contributed by atoms with E-state index in [1.165, 1.54) is 6.92 Å². The Hall–Kier alpha value is -9.22. The highest BCUT2D eigenvalue weighted by atomic mass is 35.5. The lowest BCUT2D eigenvalue weighted by molar-refractivity contribution is -0.432. The van der Waals surface area contributed by atoms with Crippen molar-refractivity contribution in [3.05, 3.63) is 107 Å². The number of carboxylic acids is 4. The molecule has 0 unspecified atom stereocenters. The summed E-state index contributed by atoms with van der Waals surface area (Å²) in [5.74, 6) is -10.4. The molecule has 0 bridgehead atoms. The number of aromatic hydroxyl groups is 2. The van der Waals surface area contributed by atoms with Gasteiger partial charge in [0.15, 0.2) is 5.69 Å². The number of hydrogen-bond acceptors (Lipinski definition) is 24. The minimum Gasteiger partial charge on any atom is -0.502 e. The molecule has 34 heteroatoms. The predicted molar refractivity (Wildman–Crippen MR) is 237 cm³/mol. The fraction of sp³-hybridized carbons (Fsp3) is 0.108. The Labute approximate surface area is 402 Å². The van der Waals surface area contributed by atoms with Gasteiger partial charge in [-0.2, -0.15) is 28.6 Å². The Morgan fingerprint density at radius 1 is 0.859 bits per heavy atom. The summed E-state index contributed by atoms with van der Waals surface area (Å²) in [6, 6.07) is 4.00. The molecule has 0 aliphatic heterocycles. The molecule has 31 nitrogen and oxygen atoms in total. The minimum atomic E-state index is -5.28. The van der Waals surface area contributed by atoms with Crippen LogP contribution in [0.2, 0.25) is 5.28 Å². The number of azo groups is 2. The second kappa shape index (κ2) is 21.4. The van der Waals surface area contributed by atoms with Gasteiger partial charge in [-0.25, -0.2) is 33.8 Å². The number of benzene rings is 2. The summed E-state index contributed by atoms with van der Waals surface area (Å²) in [6.45, 7) is 12.7. The molecule has 0 aliphatic carbocycles. The first-order chi connectivity index (χ1) is 33.4. The number of halogens is 1. The van der Waals surface area contributed by atoms with Crippen LogP contribution in [0.3, 0.4) is 0 Å². The van der Waals surface area contributed by atoms with E-state index in [2.05, 4.69) is 66.8 Å². The number of rotatable bonds is 19. The Kier molecular flexibility index (Phi) is 15.9. The lowest BCUT2D eigenvalue weighted by Crippen LogP contribution is -2.26. The van der Waals surface area contributed by atoms with Gasteiger partial charge in [0.1, 0.15) is 39.4 Å². The van der Waals surface area contributed by atoms with E-state index < -0.39 is 142 Å². The van der Waals surface area contributed by atoms with Crippen molar-refractivity contribution in [1.29, 1.82) is 5.26 Å². The molecule has 0 atom stereocenters. The molecule has 0 spiro atoms. The van der Waals surface area contributed by atoms with E-state index in [0.717, 1.165) is 19.1 Å². The second-order valence-electron chi connectivity index (χ2n) is 13.4. The number of nitrogens with one attached hydrogen (secondary N) is 2. The first kappa shape index (κ1) is 52.7. The number of anilines is 2. The van der Waals surface area contributed by atoms with Gasteiger partial charge < -0.3 is 41.3 Å². The largest absolute Gasteiger partial charge is 0.502 e. The average Bonchev–Trinajstić information content (AvgIpc) is 3.28. The molecule has 71 heavy (non-hydrogen) atoms. The zero-order valence-corrected chi connectivity index (χ0v) is 37.6. The van der Waals surface area contributed by atoms with E-state index in [4.69, 9.17) is 23.4 Å². The summed E-state index contributed by atoms with van der Waals surface area (Å²) in [4.78, 5) is 88.5. The third-order valence-electron chi connectivity index (χ3n) is 9.24. The number of carboxylic acid groups (broad SMARTS) is 4. The van der Waals surface area contributed by atoms with Gasteiger partial charge >= 0.3 is 23.9 Å². The molecule has 0 fully saturated rings. The van der Waals surface area contributed by atoms with Crippen molar-refractivity contribution in [2.45, 2.75) is 30.2 Å². The van der Waals surface area contributed by atoms with Gasteiger partial charge in [-0.05, 0) is 55.3 Å². The zero-order chi connectivity index (χ0) is 52.8. The monoisotopic (exact) mass is 1040 g/mol. The fourth-order valence-electron chi connectivity index (χ4n) is 5.99. The molecule has 2 aromatic carbocycles. The van der Waals surface area contributed by atoms with E-state index in [1.807, 2.05) is 0 Å². The third-order valence-corrected chi connectivity index (χ3v) is 10.9. The quantitative estimate of drug-likeness (QED) is 0.0126. The summed E-state index contributed by atoms with van der Waals surface area (Å²) in [6.07, 6.45) is 0. The summed E-state index contributed by atoms with van der Waals surface area (Å²) in [7, 11) is -5.28. The maximum Gasteiger partial charge on any atom is 0.338 e. The molecule has 3 aromatic heterocycles. The van der Waals surface area contributed by atoms with Crippen LogP contribution in [0.5, 0.6) is 11.8 Å². The molecule has 0 amide bonds. The van der Waals surface area contributed by atoms with Crippen LogP contribution in [-0.2, 0) is 26.0 Å². The molecule has 0 aliphatic rings. The predicted octanol–water partition coefficient (Wildman–Crippen LogP) is 5.25. The van der Waals surface area contributed by atoms with Crippen LogP contribution in [0, 0.1) is 31.8 Å². The summed E-state index contributed by atoms with van der Waals surface area (Å²) < 4.78 is 38.4. The summed E-state index contributed by atoms with van der Waals surface area (Å²) in [5, 5.41) is 102. The standard InChI is InChI=1S/C37H26ClN13O18S2/c1-12-19(11-39)27(52)50(28(53)25(12)48-46-20-7-17(33(60)61)22(70-69-68-64)9-15(20)31(56)57)6-5-41-36-43-35(38)44-37(45-36)42-14(3)51-29(54)24(40-4)13(2)26(30(51)55)49-47-21-8-18(34(62)63)23(71(65,66)67)10-16(21)32(58)59/h7-10,52,54,64H,3,5-6H2,1-2H3,(H,56,57)(H,58,59)(H,60,61)(H,62,63)(H,65,66,67)(H2,41,42,43,44,45). The van der Waals surface area contributed by atoms with Gasteiger partial charge in [0.2, 0.25) is 28.9 Å². The number of hydrogen-bond donors (Lipinski definition) is 10. The Bertz CT molecular complexity index is 3530. The second-order valence-corrected chi connectivity index (χ2v) is 15.9. The van der Waals surface area contributed by atoms with Crippen LogP contribution in [-0.4, -0.2) is 103 Å². The number of carbonyl (C=O) groups is 4. The molecular weight excluding hydrogens is 1010 g/mol. The number of pyridine rings is 2. The van der Waals surface area contributed by atoms with Crippen LogP contribution in [0.1, 0.15) is 58.1 Å². The van der Waals surface area contributed by atoms with E-state index in [1.54, 1.807) is 6.07 Å². The van der Waals surface area contributed by atoms with Crippen LogP contribution in [0.15, 0.2) is 70.7 Å². The van der Waals surface area contributed by atoms with Crippen molar-refractivity contribution in [2.24, 2.45) is 20.5 Å². The van der Waals surface area contributed by atoms with Crippen molar-refractivity contribution in [3.63, 3.8) is 0 Å². The number of nitriles is 1. The molecule has 0 saturated carbocycles. The van der Waals surface area contributed by atoms with Crippen LogP contribution in [0.4, 0.5) is 40.3 Å². The van der Waals surface area contributed by atoms with Gasteiger partial charge in [0, 0.05) is 18.7 Å². The smallest absolute Gasteiger partial charge is 0.338 e. The molecular formula is C37H26ClN13O18S2. The summed E-state index contributed by atoms with van der Waals surface area (Å²) in [5.41, 5.74) is -10.1. The fourth-order valence-corrected chi connectivity index (χ4v) is 7.34.